The molecule has 0 saturated carbocycles. The molecule has 0 spiro atoms. The maximum Gasteiger partial charge on any atom is 0.119 e. The van der Waals surface area contributed by atoms with E-state index < -0.39 is 5.60 Å². The zero-order valence-corrected chi connectivity index (χ0v) is 16.9. The Bertz CT molecular complexity index is 560. The Labute approximate surface area is 163 Å². The van der Waals surface area contributed by atoms with Crippen LogP contribution >= 0.6 is 0 Å². The minimum atomic E-state index is -0.571. The highest BCUT2D eigenvalue weighted by Gasteiger charge is 2.37. The number of hydrogen-bond acceptors (Lipinski definition) is 6. The molecule has 0 radical (unpaired) electrons. The van der Waals surface area contributed by atoms with Crippen LogP contribution in [-0.4, -0.2) is 98.1 Å². The predicted molar refractivity (Wildman–Crippen MR) is 107 cm³/mol. The molecule has 6 heteroatoms. The van der Waals surface area contributed by atoms with Crippen LogP contribution in [0.15, 0.2) is 24.3 Å². The van der Waals surface area contributed by atoms with Crippen LogP contribution < -0.4 is 4.74 Å². The summed E-state index contributed by atoms with van der Waals surface area (Å²) in [6.45, 7) is 11.6. The van der Waals surface area contributed by atoms with Crippen molar-refractivity contribution in [3.63, 3.8) is 0 Å². The average Bonchev–Trinajstić information content (AvgIpc) is 3.02. The summed E-state index contributed by atoms with van der Waals surface area (Å²) in [5.41, 5.74) is 0.689. The normalized spacial score (nSPS) is 25.1. The first-order chi connectivity index (χ1) is 13.1. The standard InChI is InChI=1S/C21H35N3O3/c1-3-26-14-15-27-20-6-4-19(5-7-20)16-24-9-8-21(25,18-24)17-23-12-10-22(2)11-13-23/h4-7,25H,3,8-18H2,1-2H3. The first-order valence-electron chi connectivity index (χ1n) is 10.2. The maximum absolute atomic E-state index is 11.0. The fourth-order valence-corrected chi connectivity index (χ4v) is 3.94. The van der Waals surface area contributed by atoms with Crippen molar-refractivity contribution in [1.82, 2.24) is 14.7 Å². The second-order valence-electron chi connectivity index (χ2n) is 7.95. The van der Waals surface area contributed by atoms with Crippen molar-refractivity contribution in [2.24, 2.45) is 0 Å². The smallest absolute Gasteiger partial charge is 0.119 e. The molecule has 2 fully saturated rings. The fourth-order valence-electron chi connectivity index (χ4n) is 3.94. The highest BCUT2D eigenvalue weighted by Crippen LogP contribution is 2.25. The number of likely N-dealkylation sites (N-methyl/N-ethyl adjacent to an activating group) is 1. The minimum absolute atomic E-state index is 0.571. The molecule has 1 atom stereocenters. The molecule has 2 saturated heterocycles. The van der Waals surface area contributed by atoms with Gasteiger partial charge in [-0.3, -0.25) is 9.80 Å². The second kappa shape index (κ2) is 9.85. The van der Waals surface area contributed by atoms with Crippen LogP contribution in [0.5, 0.6) is 5.75 Å². The molecule has 2 heterocycles. The van der Waals surface area contributed by atoms with Crippen LogP contribution in [0.2, 0.25) is 0 Å². The molecule has 0 bridgehead atoms. The lowest BCUT2D eigenvalue weighted by atomic mass is 10.0. The van der Waals surface area contributed by atoms with Crippen molar-refractivity contribution < 1.29 is 14.6 Å². The molecule has 1 aromatic rings. The number of hydrogen-bond donors (Lipinski definition) is 1. The lowest BCUT2D eigenvalue weighted by Crippen LogP contribution is -2.51. The summed E-state index contributed by atoms with van der Waals surface area (Å²) in [5.74, 6) is 0.881. The summed E-state index contributed by atoms with van der Waals surface area (Å²) >= 11 is 0. The molecule has 0 amide bonds. The molecular formula is C21H35N3O3. The highest BCUT2D eigenvalue weighted by molar-refractivity contribution is 5.27. The Balaban J connectivity index is 1.42. The molecule has 152 valence electrons. The van der Waals surface area contributed by atoms with Crippen LogP contribution in [0.25, 0.3) is 0 Å². The molecular weight excluding hydrogens is 342 g/mol. The average molecular weight is 378 g/mol. The van der Waals surface area contributed by atoms with Crippen molar-refractivity contribution in [2.75, 3.05) is 72.7 Å². The van der Waals surface area contributed by atoms with Gasteiger partial charge in [-0.25, -0.2) is 0 Å². The molecule has 2 aliphatic rings. The van der Waals surface area contributed by atoms with Gasteiger partial charge in [0.15, 0.2) is 0 Å². The Kier molecular flexibility index (Phi) is 7.49. The largest absolute Gasteiger partial charge is 0.491 e. The van der Waals surface area contributed by atoms with Crippen LogP contribution in [0.1, 0.15) is 18.9 Å². The maximum atomic E-state index is 11.0. The van der Waals surface area contributed by atoms with Gasteiger partial charge in [0, 0.05) is 59.0 Å². The van der Waals surface area contributed by atoms with Gasteiger partial charge in [-0.05, 0) is 38.1 Å². The van der Waals surface area contributed by atoms with Gasteiger partial charge in [-0.2, -0.15) is 0 Å². The third-order valence-electron chi connectivity index (χ3n) is 5.56. The van der Waals surface area contributed by atoms with E-state index in [-0.39, 0.29) is 0 Å². The molecule has 6 nitrogen and oxygen atoms in total. The monoisotopic (exact) mass is 377 g/mol. The number of piperazine rings is 1. The van der Waals surface area contributed by atoms with E-state index in [2.05, 4.69) is 33.9 Å². The van der Waals surface area contributed by atoms with Gasteiger partial charge >= 0.3 is 0 Å². The first kappa shape index (κ1) is 20.6. The molecule has 3 rings (SSSR count). The van der Waals surface area contributed by atoms with E-state index >= 15 is 0 Å². The topological polar surface area (TPSA) is 48.4 Å². The van der Waals surface area contributed by atoms with E-state index in [1.54, 1.807) is 0 Å². The number of β-amino-alcohol motifs (C(OH)–C–C–N with tert-alkyl or cyclic N) is 1. The Morgan fingerprint density at radius 1 is 1.00 bits per heavy atom. The van der Waals surface area contributed by atoms with E-state index in [1.807, 2.05) is 19.1 Å². The highest BCUT2D eigenvalue weighted by atomic mass is 16.5. The van der Waals surface area contributed by atoms with Crippen LogP contribution in [0, 0.1) is 0 Å². The molecule has 0 aromatic heterocycles. The van der Waals surface area contributed by atoms with E-state index in [0.717, 1.165) is 71.1 Å². The molecule has 2 aliphatic heterocycles. The van der Waals surface area contributed by atoms with Gasteiger partial charge in [0.1, 0.15) is 12.4 Å². The third kappa shape index (κ3) is 6.43. The van der Waals surface area contributed by atoms with Gasteiger partial charge in [-0.15, -0.1) is 0 Å². The van der Waals surface area contributed by atoms with Crippen molar-refractivity contribution >= 4 is 0 Å². The van der Waals surface area contributed by atoms with E-state index in [9.17, 15) is 5.11 Å². The molecule has 27 heavy (non-hydrogen) atoms. The summed E-state index contributed by atoms with van der Waals surface area (Å²) in [5, 5.41) is 11.0. The number of nitrogens with zero attached hydrogens (tertiary/aromatic N) is 3. The summed E-state index contributed by atoms with van der Waals surface area (Å²) < 4.78 is 11.0. The Morgan fingerprint density at radius 2 is 1.74 bits per heavy atom. The number of rotatable bonds is 9. The quantitative estimate of drug-likeness (QED) is 0.655. The first-order valence-corrected chi connectivity index (χ1v) is 10.2. The zero-order chi connectivity index (χ0) is 19.1. The third-order valence-corrected chi connectivity index (χ3v) is 5.56. The van der Waals surface area contributed by atoms with Crippen LogP contribution in [-0.2, 0) is 11.3 Å². The minimum Gasteiger partial charge on any atom is -0.491 e. The summed E-state index contributed by atoms with van der Waals surface area (Å²) in [6, 6.07) is 8.28. The molecule has 1 N–H and O–H groups in total. The lowest BCUT2D eigenvalue weighted by Gasteiger charge is -2.36. The van der Waals surface area contributed by atoms with Crippen molar-refractivity contribution in [3.05, 3.63) is 29.8 Å². The SMILES string of the molecule is CCOCCOc1ccc(CN2CCC(O)(CN3CCN(C)CC3)C2)cc1. The molecule has 0 aliphatic carbocycles. The second-order valence-corrected chi connectivity index (χ2v) is 7.95. The predicted octanol–water partition coefficient (Wildman–Crippen LogP) is 1.29. The van der Waals surface area contributed by atoms with E-state index in [1.165, 1.54) is 5.56 Å². The number of likely N-dealkylation sites (tertiary alicyclic amines) is 1. The number of aliphatic hydroxyl groups is 1. The van der Waals surface area contributed by atoms with Crippen LogP contribution in [0.4, 0.5) is 0 Å². The summed E-state index contributed by atoms with van der Waals surface area (Å²) in [4.78, 5) is 7.13. The van der Waals surface area contributed by atoms with Crippen molar-refractivity contribution in [2.45, 2.75) is 25.5 Å². The van der Waals surface area contributed by atoms with Gasteiger partial charge < -0.3 is 19.5 Å². The Morgan fingerprint density at radius 3 is 2.44 bits per heavy atom. The number of ether oxygens (including phenoxy) is 2. The lowest BCUT2D eigenvalue weighted by molar-refractivity contribution is -0.000370. The Hall–Kier alpha value is -1.18. The fraction of sp³-hybridized carbons (Fsp3) is 0.714. The van der Waals surface area contributed by atoms with Crippen LogP contribution in [0.3, 0.4) is 0 Å². The molecule has 1 unspecified atom stereocenters. The van der Waals surface area contributed by atoms with Gasteiger partial charge in [0.25, 0.3) is 0 Å². The number of benzene rings is 1. The summed E-state index contributed by atoms with van der Waals surface area (Å²) in [6.07, 6.45) is 0.859. The van der Waals surface area contributed by atoms with E-state index in [4.69, 9.17) is 9.47 Å². The zero-order valence-electron chi connectivity index (χ0n) is 16.9. The van der Waals surface area contributed by atoms with E-state index in [0.29, 0.717) is 13.2 Å². The molecule has 1 aromatic carbocycles. The van der Waals surface area contributed by atoms with Gasteiger partial charge in [-0.1, -0.05) is 12.1 Å². The van der Waals surface area contributed by atoms with Gasteiger partial charge in [0.05, 0.1) is 12.2 Å². The van der Waals surface area contributed by atoms with Crippen molar-refractivity contribution in [1.29, 1.82) is 0 Å². The van der Waals surface area contributed by atoms with Crippen molar-refractivity contribution in [3.8, 4) is 5.75 Å². The summed E-state index contributed by atoms with van der Waals surface area (Å²) in [7, 11) is 2.17. The van der Waals surface area contributed by atoms with Gasteiger partial charge in [0.2, 0.25) is 0 Å².